The molecule has 66 valence electrons. The molecular weight excluding hydrogens is 230 g/mol. The van der Waals surface area contributed by atoms with Crippen LogP contribution in [0, 0.1) is 5.92 Å². The molecule has 1 rings (SSSR count). The van der Waals surface area contributed by atoms with E-state index in [1.54, 1.807) is 0 Å². The summed E-state index contributed by atoms with van der Waals surface area (Å²) in [7, 11) is -3.03. The second-order valence-electron chi connectivity index (χ2n) is 2.85. The molecule has 0 amide bonds. The molecule has 11 heavy (non-hydrogen) atoms. The second-order valence-corrected chi connectivity index (χ2v) is 5.91. The van der Waals surface area contributed by atoms with E-state index in [9.17, 15) is 8.42 Å². The van der Waals surface area contributed by atoms with E-state index < -0.39 is 10.0 Å². The number of sulfonamides is 1. The van der Waals surface area contributed by atoms with Crippen molar-refractivity contribution in [3.8, 4) is 0 Å². The van der Waals surface area contributed by atoms with Crippen molar-refractivity contribution in [1.82, 2.24) is 4.72 Å². The highest BCUT2D eigenvalue weighted by molar-refractivity contribution is 9.10. The summed E-state index contributed by atoms with van der Waals surface area (Å²) in [5, 5.41) is 0. The van der Waals surface area contributed by atoms with Crippen LogP contribution in [0.1, 0.15) is 19.8 Å². The molecular formula is C6H12BrNO2S. The fourth-order valence-corrected chi connectivity index (χ4v) is 2.31. The van der Waals surface area contributed by atoms with E-state index in [0.717, 1.165) is 12.8 Å². The third-order valence-corrected chi connectivity index (χ3v) is 4.68. The molecule has 3 nitrogen and oxygen atoms in total. The van der Waals surface area contributed by atoms with Crippen molar-refractivity contribution < 1.29 is 8.42 Å². The first-order chi connectivity index (χ1) is 5.09. The molecule has 0 aromatic rings. The maximum atomic E-state index is 11.0. The average molecular weight is 242 g/mol. The highest BCUT2D eigenvalue weighted by Gasteiger charge is 2.37. The minimum absolute atomic E-state index is 0.00688. The Morgan fingerprint density at radius 2 is 2.27 bits per heavy atom. The van der Waals surface area contributed by atoms with E-state index in [0.29, 0.717) is 5.92 Å². The van der Waals surface area contributed by atoms with E-state index in [1.165, 1.54) is 0 Å². The lowest BCUT2D eigenvalue weighted by Gasteiger charge is -2.00. The molecule has 1 aliphatic carbocycles. The summed E-state index contributed by atoms with van der Waals surface area (Å²) in [6.07, 6.45) is 2.07. The molecule has 2 unspecified atom stereocenters. The predicted molar refractivity (Wildman–Crippen MR) is 48.0 cm³/mol. The first kappa shape index (κ1) is 9.48. The Kier molecular flexibility index (Phi) is 2.94. The van der Waals surface area contributed by atoms with E-state index in [2.05, 4.69) is 27.6 Å². The summed E-state index contributed by atoms with van der Waals surface area (Å²) >= 11 is 2.92. The maximum Gasteiger partial charge on any atom is 0.221 e. The van der Waals surface area contributed by atoms with Gasteiger partial charge in [0.05, 0.1) is 0 Å². The summed E-state index contributed by atoms with van der Waals surface area (Å²) in [6, 6.07) is 0.211. The average Bonchev–Trinajstić information content (AvgIpc) is 2.67. The van der Waals surface area contributed by atoms with E-state index in [-0.39, 0.29) is 10.7 Å². The molecule has 0 aliphatic heterocycles. The standard InChI is InChI=1S/C6H12BrNO2S/c1-2-5-3-6(5)8-11(9,10)4-7/h5-6,8H,2-4H2,1H3. The molecule has 0 saturated heterocycles. The van der Waals surface area contributed by atoms with Gasteiger partial charge >= 0.3 is 0 Å². The molecule has 0 aromatic carbocycles. The summed E-state index contributed by atoms with van der Waals surface area (Å²) in [4.78, 5) is 0. The van der Waals surface area contributed by atoms with Gasteiger partial charge in [-0.15, -0.1) is 0 Å². The largest absolute Gasteiger partial charge is 0.221 e. The van der Waals surface area contributed by atoms with Gasteiger partial charge in [0.25, 0.3) is 0 Å². The van der Waals surface area contributed by atoms with Crippen LogP contribution < -0.4 is 4.72 Å². The van der Waals surface area contributed by atoms with Gasteiger partial charge in [0, 0.05) is 6.04 Å². The Hall–Kier alpha value is 0.390. The van der Waals surface area contributed by atoms with Gasteiger partial charge in [-0.05, 0) is 12.3 Å². The lowest BCUT2D eigenvalue weighted by Crippen LogP contribution is -2.27. The van der Waals surface area contributed by atoms with Gasteiger partial charge in [0.2, 0.25) is 10.0 Å². The van der Waals surface area contributed by atoms with E-state index >= 15 is 0 Å². The van der Waals surface area contributed by atoms with Gasteiger partial charge < -0.3 is 0 Å². The molecule has 1 saturated carbocycles. The lowest BCUT2D eigenvalue weighted by atomic mass is 10.3. The SMILES string of the molecule is CCC1CC1NS(=O)(=O)CBr. The van der Waals surface area contributed by atoms with Crippen LogP contribution in [0.2, 0.25) is 0 Å². The van der Waals surface area contributed by atoms with Crippen LogP contribution in [-0.2, 0) is 10.0 Å². The summed E-state index contributed by atoms with van der Waals surface area (Å²) < 4.78 is 24.5. The molecule has 1 N–H and O–H groups in total. The molecule has 2 atom stereocenters. The minimum Gasteiger partial charge on any atom is -0.212 e. The first-order valence-electron chi connectivity index (χ1n) is 3.65. The lowest BCUT2D eigenvalue weighted by molar-refractivity contribution is 0.581. The zero-order chi connectivity index (χ0) is 8.48. The van der Waals surface area contributed by atoms with Crippen LogP contribution in [0.5, 0.6) is 0 Å². The quantitative estimate of drug-likeness (QED) is 0.749. The van der Waals surface area contributed by atoms with Crippen LogP contribution in [0.15, 0.2) is 0 Å². The van der Waals surface area contributed by atoms with Crippen molar-refractivity contribution in [2.45, 2.75) is 25.8 Å². The van der Waals surface area contributed by atoms with Crippen LogP contribution in [0.25, 0.3) is 0 Å². The number of halogens is 1. The van der Waals surface area contributed by atoms with Crippen molar-refractivity contribution in [1.29, 1.82) is 0 Å². The summed E-state index contributed by atoms with van der Waals surface area (Å²) in [6.45, 7) is 2.08. The predicted octanol–water partition coefficient (Wildman–Crippen LogP) is 1.06. The van der Waals surface area contributed by atoms with Gasteiger partial charge in [-0.1, -0.05) is 29.3 Å². The fourth-order valence-electron chi connectivity index (χ4n) is 1.11. The van der Waals surface area contributed by atoms with Crippen molar-refractivity contribution in [3.63, 3.8) is 0 Å². The van der Waals surface area contributed by atoms with E-state index in [4.69, 9.17) is 0 Å². The maximum absolute atomic E-state index is 11.0. The number of hydrogen-bond acceptors (Lipinski definition) is 2. The second kappa shape index (κ2) is 3.41. The van der Waals surface area contributed by atoms with Crippen molar-refractivity contribution in [3.05, 3.63) is 0 Å². The zero-order valence-electron chi connectivity index (χ0n) is 6.38. The van der Waals surface area contributed by atoms with Gasteiger partial charge in [-0.2, -0.15) is 0 Å². The normalized spacial score (nSPS) is 30.4. The fraction of sp³-hybridized carbons (Fsp3) is 1.00. The van der Waals surface area contributed by atoms with Crippen molar-refractivity contribution in [2.75, 3.05) is 4.66 Å². The molecule has 0 bridgehead atoms. The Balaban J connectivity index is 2.34. The number of nitrogens with one attached hydrogen (secondary N) is 1. The van der Waals surface area contributed by atoms with Crippen molar-refractivity contribution in [2.24, 2.45) is 5.92 Å². The molecule has 0 spiro atoms. The van der Waals surface area contributed by atoms with Crippen molar-refractivity contribution >= 4 is 26.0 Å². The third kappa shape index (κ3) is 2.72. The number of alkyl halides is 1. The van der Waals surface area contributed by atoms with Gasteiger partial charge in [-0.3, -0.25) is 0 Å². The Morgan fingerprint density at radius 3 is 2.64 bits per heavy atom. The molecule has 0 heterocycles. The third-order valence-electron chi connectivity index (χ3n) is 1.92. The number of hydrogen-bond donors (Lipinski definition) is 1. The van der Waals surface area contributed by atoms with Crippen LogP contribution in [0.4, 0.5) is 0 Å². The minimum atomic E-state index is -3.03. The zero-order valence-corrected chi connectivity index (χ0v) is 8.78. The highest BCUT2D eigenvalue weighted by Crippen LogP contribution is 2.33. The summed E-state index contributed by atoms with van der Waals surface area (Å²) in [5.41, 5.74) is 0. The Bertz CT molecular complexity index is 227. The molecule has 1 fully saturated rings. The monoisotopic (exact) mass is 241 g/mol. The molecule has 0 aromatic heterocycles. The topological polar surface area (TPSA) is 46.2 Å². The Morgan fingerprint density at radius 1 is 1.64 bits per heavy atom. The summed E-state index contributed by atoms with van der Waals surface area (Å²) in [5.74, 6) is 0.573. The number of rotatable bonds is 4. The molecule has 5 heteroatoms. The Labute approximate surface area is 75.7 Å². The van der Waals surface area contributed by atoms with Gasteiger partial charge in [-0.25, -0.2) is 13.1 Å². The van der Waals surface area contributed by atoms with Crippen LogP contribution >= 0.6 is 15.9 Å². The van der Waals surface area contributed by atoms with Crippen LogP contribution in [-0.4, -0.2) is 19.1 Å². The van der Waals surface area contributed by atoms with E-state index in [1.807, 2.05) is 0 Å². The van der Waals surface area contributed by atoms with Crippen LogP contribution in [0.3, 0.4) is 0 Å². The first-order valence-corrected chi connectivity index (χ1v) is 6.42. The highest BCUT2D eigenvalue weighted by atomic mass is 79.9. The van der Waals surface area contributed by atoms with Gasteiger partial charge in [0.1, 0.15) is 4.66 Å². The smallest absolute Gasteiger partial charge is 0.212 e. The molecule has 1 aliphatic rings. The van der Waals surface area contributed by atoms with Gasteiger partial charge in [0.15, 0.2) is 0 Å². The molecule has 0 radical (unpaired) electrons.